The molecule has 4 nitrogen and oxygen atoms in total. The van der Waals surface area contributed by atoms with Gasteiger partial charge in [0.25, 0.3) is 0 Å². The number of nitrogens with one attached hydrogen (secondary N) is 1. The van der Waals surface area contributed by atoms with Crippen LogP contribution >= 0.6 is 0 Å². The van der Waals surface area contributed by atoms with Gasteiger partial charge in [-0.15, -0.1) is 0 Å². The molecule has 1 saturated heterocycles. The summed E-state index contributed by atoms with van der Waals surface area (Å²) in [5.41, 5.74) is -0.604. The smallest absolute Gasteiger partial charge is 0.246 e. The predicted octanol–water partition coefficient (Wildman–Crippen LogP) is 2.86. The molecule has 0 radical (unpaired) electrons. The Labute approximate surface area is 128 Å². The van der Waals surface area contributed by atoms with Crippen LogP contribution in [0.4, 0.5) is 0 Å². The molecule has 2 unspecified atom stereocenters. The predicted molar refractivity (Wildman–Crippen MR) is 83.8 cm³/mol. The lowest BCUT2D eigenvalue weighted by atomic mass is 9.87. The van der Waals surface area contributed by atoms with Gasteiger partial charge in [0.15, 0.2) is 0 Å². The van der Waals surface area contributed by atoms with Crippen LogP contribution in [-0.4, -0.2) is 34.8 Å². The van der Waals surface area contributed by atoms with E-state index in [-0.39, 0.29) is 17.9 Å². The molecule has 2 rings (SSSR count). The number of hydrogen-bond acceptors (Lipinski definition) is 2. The summed E-state index contributed by atoms with van der Waals surface area (Å²) in [6, 6.07) is -0.305. The number of rotatable bonds is 8. The van der Waals surface area contributed by atoms with Gasteiger partial charge in [-0.05, 0) is 38.5 Å². The maximum Gasteiger partial charge on any atom is 0.246 e. The minimum absolute atomic E-state index is 0.0681. The van der Waals surface area contributed by atoms with Gasteiger partial charge in [0.05, 0.1) is 0 Å². The fraction of sp³-hybridized carbons (Fsp3) is 0.882. The molecule has 2 amide bonds. The van der Waals surface area contributed by atoms with Crippen molar-refractivity contribution in [3.63, 3.8) is 0 Å². The van der Waals surface area contributed by atoms with E-state index < -0.39 is 5.54 Å². The van der Waals surface area contributed by atoms with Crippen LogP contribution in [0.15, 0.2) is 0 Å². The fourth-order valence-corrected chi connectivity index (χ4v) is 3.48. The molecule has 0 bridgehead atoms. The maximum absolute atomic E-state index is 12.8. The number of amides is 2. The number of carbonyl (C=O) groups is 2. The van der Waals surface area contributed by atoms with Crippen LogP contribution < -0.4 is 5.32 Å². The SMILES string of the molecule is CCCCCCN1C(=O)C(CCC)NC(=O)C1(C)C1CC1. The van der Waals surface area contributed by atoms with Gasteiger partial charge in [-0.3, -0.25) is 9.59 Å². The van der Waals surface area contributed by atoms with Crippen molar-refractivity contribution >= 4 is 11.8 Å². The van der Waals surface area contributed by atoms with E-state index in [1.54, 1.807) is 0 Å². The average Bonchev–Trinajstić information content (AvgIpc) is 3.29. The van der Waals surface area contributed by atoms with Gasteiger partial charge in [0.1, 0.15) is 11.6 Å². The maximum atomic E-state index is 12.8. The molecule has 1 heterocycles. The van der Waals surface area contributed by atoms with E-state index in [4.69, 9.17) is 0 Å². The minimum Gasteiger partial charge on any atom is -0.342 e. The standard InChI is InChI=1S/C17H30N2O2/c1-4-6-7-8-12-19-15(20)14(9-5-2)18-16(21)17(19,3)13-10-11-13/h13-14H,4-12H2,1-3H3,(H,18,21). The quantitative estimate of drug-likeness (QED) is 0.700. The van der Waals surface area contributed by atoms with Crippen LogP contribution in [-0.2, 0) is 9.59 Å². The number of carbonyl (C=O) groups excluding carboxylic acids is 2. The lowest BCUT2D eigenvalue weighted by molar-refractivity contribution is -0.158. The van der Waals surface area contributed by atoms with Gasteiger partial charge in [0.2, 0.25) is 11.8 Å². The number of piperazine rings is 1. The summed E-state index contributed by atoms with van der Waals surface area (Å²) in [4.78, 5) is 27.3. The molecule has 0 aromatic rings. The number of hydrogen-bond donors (Lipinski definition) is 1. The molecule has 1 N–H and O–H groups in total. The Morgan fingerprint density at radius 1 is 1.14 bits per heavy atom. The number of unbranched alkanes of at least 4 members (excludes halogenated alkanes) is 3. The third-order valence-corrected chi connectivity index (χ3v) is 5.07. The van der Waals surface area contributed by atoms with Gasteiger partial charge in [0, 0.05) is 6.54 Å². The Morgan fingerprint density at radius 2 is 1.86 bits per heavy atom. The van der Waals surface area contributed by atoms with Crippen LogP contribution in [0.25, 0.3) is 0 Å². The van der Waals surface area contributed by atoms with Crippen molar-refractivity contribution in [3.05, 3.63) is 0 Å². The highest BCUT2D eigenvalue weighted by molar-refractivity contribution is 6.00. The van der Waals surface area contributed by atoms with Gasteiger partial charge in [-0.1, -0.05) is 39.5 Å². The van der Waals surface area contributed by atoms with Crippen LogP contribution in [0, 0.1) is 5.92 Å². The molecule has 1 saturated carbocycles. The zero-order chi connectivity index (χ0) is 15.5. The topological polar surface area (TPSA) is 49.4 Å². The van der Waals surface area contributed by atoms with E-state index in [0.29, 0.717) is 5.92 Å². The molecule has 2 aliphatic rings. The van der Waals surface area contributed by atoms with Gasteiger partial charge in [-0.25, -0.2) is 0 Å². The van der Waals surface area contributed by atoms with E-state index in [1.807, 2.05) is 11.8 Å². The summed E-state index contributed by atoms with van der Waals surface area (Å²) >= 11 is 0. The Balaban J connectivity index is 2.10. The molecule has 2 atom stereocenters. The summed E-state index contributed by atoms with van der Waals surface area (Å²) in [5.74, 6) is 0.566. The van der Waals surface area contributed by atoms with Crippen LogP contribution in [0.3, 0.4) is 0 Å². The zero-order valence-electron chi connectivity index (χ0n) is 13.8. The van der Waals surface area contributed by atoms with Gasteiger partial charge < -0.3 is 10.2 Å². The van der Waals surface area contributed by atoms with E-state index in [9.17, 15) is 9.59 Å². The first-order valence-corrected chi connectivity index (χ1v) is 8.68. The molecular weight excluding hydrogens is 264 g/mol. The second-order valence-corrected chi connectivity index (χ2v) is 6.79. The Bertz CT molecular complexity index is 392. The van der Waals surface area contributed by atoms with E-state index in [1.165, 1.54) is 12.8 Å². The second-order valence-electron chi connectivity index (χ2n) is 6.79. The molecule has 120 valence electrons. The molecule has 0 aromatic carbocycles. The first kappa shape index (κ1) is 16.3. The normalized spacial score (nSPS) is 29.7. The first-order valence-electron chi connectivity index (χ1n) is 8.68. The third-order valence-electron chi connectivity index (χ3n) is 5.07. The summed E-state index contributed by atoms with van der Waals surface area (Å²) < 4.78 is 0. The molecule has 0 spiro atoms. The highest BCUT2D eigenvalue weighted by Crippen LogP contribution is 2.45. The summed E-state index contributed by atoms with van der Waals surface area (Å²) in [7, 11) is 0. The first-order chi connectivity index (χ1) is 10.1. The Hall–Kier alpha value is -1.06. The molecular formula is C17H30N2O2. The van der Waals surface area contributed by atoms with Crippen molar-refractivity contribution in [2.24, 2.45) is 5.92 Å². The molecule has 4 heteroatoms. The highest BCUT2D eigenvalue weighted by Gasteiger charge is 2.56. The van der Waals surface area contributed by atoms with Crippen LogP contribution in [0.1, 0.15) is 72.1 Å². The molecule has 1 aliphatic carbocycles. The van der Waals surface area contributed by atoms with Crippen LogP contribution in [0.5, 0.6) is 0 Å². The Kier molecular flexibility index (Phi) is 5.28. The molecule has 2 fully saturated rings. The number of nitrogens with zero attached hydrogens (tertiary/aromatic N) is 1. The summed E-state index contributed by atoms with van der Waals surface area (Å²) in [5, 5.41) is 2.98. The molecule has 1 aliphatic heterocycles. The van der Waals surface area contributed by atoms with E-state index >= 15 is 0 Å². The lowest BCUT2D eigenvalue weighted by Crippen LogP contribution is -2.70. The van der Waals surface area contributed by atoms with Crippen molar-refractivity contribution in [2.45, 2.75) is 83.7 Å². The third kappa shape index (κ3) is 3.24. The monoisotopic (exact) mass is 294 g/mol. The minimum atomic E-state index is -0.604. The van der Waals surface area contributed by atoms with E-state index in [2.05, 4.69) is 19.2 Å². The van der Waals surface area contributed by atoms with E-state index in [0.717, 1.165) is 45.1 Å². The van der Waals surface area contributed by atoms with Crippen LogP contribution in [0.2, 0.25) is 0 Å². The average molecular weight is 294 g/mol. The van der Waals surface area contributed by atoms with Crippen molar-refractivity contribution in [2.75, 3.05) is 6.54 Å². The molecule has 21 heavy (non-hydrogen) atoms. The highest BCUT2D eigenvalue weighted by atomic mass is 16.2. The van der Waals surface area contributed by atoms with Crippen molar-refractivity contribution < 1.29 is 9.59 Å². The van der Waals surface area contributed by atoms with Gasteiger partial charge in [-0.2, -0.15) is 0 Å². The summed E-state index contributed by atoms with van der Waals surface area (Å²) in [6.45, 7) is 6.95. The Morgan fingerprint density at radius 3 is 2.43 bits per heavy atom. The molecule has 0 aromatic heterocycles. The van der Waals surface area contributed by atoms with Crippen molar-refractivity contribution in [1.29, 1.82) is 0 Å². The second kappa shape index (κ2) is 6.80. The van der Waals surface area contributed by atoms with Gasteiger partial charge >= 0.3 is 0 Å². The largest absolute Gasteiger partial charge is 0.342 e. The lowest BCUT2D eigenvalue weighted by Gasteiger charge is -2.47. The van der Waals surface area contributed by atoms with Crippen molar-refractivity contribution in [3.8, 4) is 0 Å². The fourth-order valence-electron chi connectivity index (χ4n) is 3.48. The zero-order valence-corrected chi connectivity index (χ0v) is 13.8. The van der Waals surface area contributed by atoms with Crippen molar-refractivity contribution in [1.82, 2.24) is 10.2 Å². The summed E-state index contributed by atoms with van der Waals surface area (Å²) in [6.07, 6.45) is 8.34.